The van der Waals surface area contributed by atoms with Gasteiger partial charge in [0.2, 0.25) is 5.88 Å². The SMILES string of the molecule is Cc1ccc(COc2cccc(-c3ccc(Cc4nc5ccc(C(=O)O)cc5n4C4(CF)CC4)c(F)c3)n2)c(F)c1. The maximum atomic E-state index is 15.4. The molecule has 1 aliphatic rings. The van der Waals surface area contributed by atoms with Crippen molar-refractivity contribution in [1.82, 2.24) is 14.5 Å². The highest BCUT2D eigenvalue weighted by Gasteiger charge is 2.47. The van der Waals surface area contributed by atoms with E-state index in [9.17, 15) is 18.7 Å². The van der Waals surface area contributed by atoms with E-state index in [1.165, 1.54) is 24.3 Å². The van der Waals surface area contributed by atoms with Gasteiger partial charge in [0.1, 0.15) is 30.7 Å². The minimum Gasteiger partial charge on any atom is -0.478 e. The number of carboxylic acid groups (broad SMARTS) is 1. The largest absolute Gasteiger partial charge is 0.478 e. The van der Waals surface area contributed by atoms with Crippen LogP contribution in [0.1, 0.15) is 45.7 Å². The van der Waals surface area contributed by atoms with E-state index in [-0.39, 0.29) is 30.3 Å². The Morgan fingerprint density at radius 3 is 2.46 bits per heavy atom. The van der Waals surface area contributed by atoms with E-state index in [2.05, 4.69) is 9.97 Å². The van der Waals surface area contributed by atoms with Crippen LogP contribution in [0.3, 0.4) is 0 Å². The summed E-state index contributed by atoms with van der Waals surface area (Å²) in [5, 5.41) is 9.45. The van der Waals surface area contributed by atoms with E-state index in [1.54, 1.807) is 53.1 Å². The van der Waals surface area contributed by atoms with Crippen LogP contribution < -0.4 is 4.74 Å². The molecule has 0 unspecified atom stereocenters. The van der Waals surface area contributed by atoms with Crippen molar-refractivity contribution in [3.8, 4) is 17.1 Å². The summed E-state index contributed by atoms with van der Waals surface area (Å²) in [6, 6.07) is 19.3. The average molecular weight is 558 g/mol. The van der Waals surface area contributed by atoms with E-state index in [4.69, 9.17) is 4.74 Å². The highest BCUT2D eigenvalue weighted by molar-refractivity contribution is 5.92. The zero-order chi connectivity index (χ0) is 28.7. The molecule has 0 radical (unpaired) electrons. The van der Waals surface area contributed by atoms with Crippen LogP contribution in [0.4, 0.5) is 13.2 Å². The number of pyridine rings is 1. The molecule has 3 aromatic carbocycles. The Labute approximate surface area is 234 Å². The topological polar surface area (TPSA) is 77.2 Å². The Bertz CT molecular complexity index is 1800. The van der Waals surface area contributed by atoms with Gasteiger partial charge < -0.3 is 14.4 Å². The molecule has 1 N–H and O–H groups in total. The number of carbonyl (C=O) groups is 1. The number of hydrogen-bond donors (Lipinski definition) is 1. The molecular weight excluding hydrogens is 531 g/mol. The molecule has 1 saturated carbocycles. The van der Waals surface area contributed by atoms with E-state index in [0.29, 0.717) is 52.1 Å². The Hall–Kier alpha value is -4.66. The zero-order valence-electron chi connectivity index (χ0n) is 22.2. The molecule has 2 aromatic heterocycles. The van der Waals surface area contributed by atoms with Crippen molar-refractivity contribution in [3.63, 3.8) is 0 Å². The van der Waals surface area contributed by atoms with Crippen molar-refractivity contribution >= 4 is 17.0 Å². The zero-order valence-corrected chi connectivity index (χ0v) is 22.2. The second-order valence-electron chi connectivity index (χ2n) is 10.5. The summed E-state index contributed by atoms with van der Waals surface area (Å²) in [5.41, 5.74) is 2.95. The smallest absolute Gasteiger partial charge is 0.335 e. The fourth-order valence-electron chi connectivity index (χ4n) is 5.06. The molecule has 0 spiro atoms. The number of benzene rings is 3. The number of rotatable bonds is 9. The van der Waals surface area contributed by atoms with Crippen LogP contribution in [0, 0.1) is 18.6 Å². The number of aromatic carboxylic acids is 1. The fraction of sp³-hybridized carbons (Fsp3) is 0.219. The maximum absolute atomic E-state index is 15.4. The number of alkyl halides is 1. The number of halogens is 3. The number of aromatic nitrogens is 3. The maximum Gasteiger partial charge on any atom is 0.335 e. The number of fused-ring (bicyclic) bond motifs is 1. The highest BCUT2D eigenvalue weighted by atomic mass is 19.1. The van der Waals surface area contributed by atoms with Gasteiger partial charge in [0.05, 0.1) is 27.8 Å². The van der Waals surface area contributed by atoms with Crippen LogP contribution in [-0.2, 0) is 18.6 Å². The van der Waals surface area contributed by atoms with E-state index < -0.39 is 24.0 Å². The van der Waals surface area contributed by atoms with Crippen LogP contribution in [0.15, 0.2) is 72.8 Å². The van der Waals surface area contributed by atoms with Crippen molar-refractivity contribution in [2.45, 2.75) is 38.3 Å². The molecule has 0 aliphatic heterocycles. The third-order valence-electron chi connectivity index (χ3n) is 7.53. The first-order chi connectivity index (χ1) is 19.8. The van der Waals surface area contributed by atoms with Gasteiger partial charge in [0.15, 0.2) is 0 Å². The average Bonchev–Trinajstić information content (AvgIpc) is 3.67. The van der Waals surface area contributed by atoms with Gasteiger partial charge in [0, 0.05) is 23.6 Å². The fourth-order valence-corrected chi connectivity index (χ4v) is 5.06. The van der Waals surface area contributed by atoms with Gasteiger partial charge in [-0.25, -0.2) is 27.9 Å². The number of hydrogen-bond acceptors (Lipinski definition) is 4. The van der Waals surface area contributed by atoms with Crippen molar-refractivity contribution in [2.24, 2.45) is 0 Å². The molecule has 208 valence electrons. The summed E-state index contributed by atoms with van der Waals surface area (Å²) >= 11 is 0. The summed E-state index contributed by atoms with van der Waals surface area (Å²) in [7, 11) is 0. The van der Waals surface area contributed by atoms with Gasteiger partial charge in [-0.05, 0) is 67.3 Å². The quantitative estimate of drug-likeness (QED) is 0.211. The van der Waals surface area contributed by atoms with Crippen LogP contribution in [0.5, 0.6) is 5.88 Å². The molecule has 2 heterocycles. The molecule has 41 heavy (non-hydrogen) atoms. The van der Waals surface area contributed by atoms with Crippen molar-refractivity contribution in [3.05, 3.63) is 113 Å². The number of aryl methyl sites for hydroxylation is 1. The van der Waals surface area contributed by atoms with Gasteiger partial charge in [0.25, 0.3) is 0 Å². The molecule has 6 nitrogen and oxygen atoms in total. The Kier molecular flexibility index (Phi) is 6.73. The van der Waals surface area contributed by atoms with Gasteiger partial charge in [-0.1, -0.05) is 30.3 Å². The summed E-state index contributed by atoms with van der Waals surface area (Å²) in [6.45, 7) is 1.19. The number of nitrogens with zero attached hydrogens (tertiary/aromatic N) is 3. The molecular formula is C32H26F3N3O3. The summed E-state index contributed by atoms with van der Waals surface area (Å²) in [4.78, 5) is 20.6. The second kappa shape index (κ2) is 10.4. The normalized spacial score (nSPS) is 13.9. The lowest BCUT2D eigenvalue weighted by atomic mass is 10.0. The second-order valence-corrected chi connectivity index (χ2v) is 10.5. The predicted molar refractivity (Wildman–Crippen MR) is 148 cm³/mol. The van der Waals surface area contributed by atoms with E-state index in [0.717, 1.165) is 5.56 Å². The van der Waals surface area contributed by atoms with Crippen LogP contribution in [0.2, 0.25) is 0 Å². The minimum absolute atomic E-state index is 0.00515. The molecule has 0 amide bonds. The van der Waals surface area contributed by atoms with Gasteiger partial charge in [-0.15, -0.1) is 0 Å². The lowest BCUT2D eigenvalue weighted by Gasteiger charge is -2.18. The number of carboxylic acids is 1. The first-order valence-corrected chi connectivity index (χ1v) is 13.2. The Morgan fingerprint density at radius 2 is 1.76 bits per heavy atom. The molecule has 1 fully saturated rings. The predicted octanol–water partition coefficient (Wildman–Crippen LogP) is 7.01. The van der Waals surface area contributed by atoms with Crippen LogP contribution in [-0.4, -0.2) is 32.3 Å². The molecule has 0 bridgehead atoms. The van der Waals surface area contributed by atoms with Gasteiger partial charge in [-0.3, -0.25) is 0 Å². The van der Waals surface area contributed by atoms with Gasteiger partial charge in [-0.2, -0.15) is 0 Å². The molecule has 6 rings (SSSR count). The van der Waals surface area contributed by atoms with Crippen molar-refractivity contribution < 1.29 is 27.8 Å². The van der Waals surface area contributed by atoms with Crippen molar-refractivity contribution in [2.75, 3.05) is 6.67 Å². The summed E-state index contributed by atoms with van der Waals surface area (Å²) < 4.78 is 51.2. The highest BCUT2D eigenvalue weighted by Crippen LogP contribution is 2.47. The molecule has 9 heteroatoms. The van der Waals surface area contributed by atoms with Crippen LogP contribution in [0.25, 0.3) is 22.3 Å². The molecule has 5 aromatic rings. The summed E-state index contributed by atoms with van der Waals surface area (Å²) in [6.07, 6.45) is 1.30. The first kappa shape index (κ1) is 26.6. The monoisotopic (exact) mass is 557 g/mol. The lowest BCUT2D eigenvalue weighted by Crippen LogP contribution is -2.22. The minimum atomic E-state index is -1.08. The Balaban J connectivity index is 1.26. The van der Waals surface area contributed by atoms with Crippen molar-refractivity contribution in [1.29, 1.82) is 0 Å². The third kappa shape index (κ3) is 5.15. The molecule has 0 atom stereocenters. The summed E-state index contributed by atoms with van der Waals surface area (Å²) in [5.74, 6) is -1.16. The number of ether oxygens (including phenoxy) is 1. The van der Waals surface area contributed by atoms with Crippen LogP contribution >= 0.6 is 0 Å². The third-order valence-corrected chi connectivity index (χ3v) is 7.53. The van der Waals surface area contributed by atoms with Gasteiger partial charge >= 0.3 is 5.97 Å². The Morgan fingerprint density at radius 1 is 0.976 bits per heavy atom. The standard InChI is InChI=1S/C32H26F3N3O3/c1-19-5-6-23(24(34)13-19)17-41-30-4-2-3-26(37-30)21-8-7-20(25(35)14-21)16-29-36-27-10-9-22(31(39)40)15-28(27)38(29)32(18-33)11-12-32/h2-10,13-15H,11-12,16-18H2,1H3,(H,39,40). The molecule has 1 aliphatic carbocycles. The molecule has 0 saturated heterocycles. The van der Waals surface area contributed by atoms with E-state index >= 15 is 4.39 Å². The van der Waals surface area contributed by atoms with E-state index in [1.807, 2.05) is 6.92 Å². The number of imidazole rings is 1. The first-order valence-electron chi connectivity index (χ1n) is 13.2. The lowest BCUT2D eigenvalue weighted by molar-refractivity contribution is 0.0697.